The molecule has 0 aromatic heterocycles. The Balaban J connectivity index is 1.43. The van der Waals surface area contributed by atoms with E-state index in [1.807, 2.05) is 54.6 Å². The number of morpholine rings is 1. The normalized spacial score (nSPS) is 19.3. The lowest BCUT2D eigenvalue weighted by Gasteiger charge is -2.51. The van der Waals surface area contributed by atoms with Crippen LogP contribution in [0.5, 0.6) is 0 Å². The van der Waals surface area contributed by atoms with Crippen molar-refractivity contribution in [1.82, 2.24) is 9.80 Å². The Morgan fingerprint density at radius 1 is 1.04 bits per heavy atom. The van der Waals surface area contributed by atoms with Gasteiger partial charge in [-0.05, 0) is 42.7 Å². The van der Waals surface area contributed by atoms with Crippen LogP contribution in [-0.2, 0) is 11.3 Å². The Labute approximate surface area is 166 Å². The molecule has 144 valence electrons. The first-order valence-electron chi connectivity index (χ1n) is 9.86. The number of benzene rings is 2. The number of likely N-dealkylation sites (tertiary alicyclic amines) is 1. The molecule has 0 aliphatic carbocycles. The molecule has 28 heavy (non-hydrogen) atoms. The van der Waals surface area contributed by atoms with E-state index in [-0.39, 0.29) is 11.4 Å². The molecule has 0 atom stereocenters. The second-order valence-electron chi connectivity index (χ2n) is 7.68. The first-order valence-corrected chi connectivity index (χ1v) is 9.86. The van der Waals surface area contributed by atoms with Crippen LogP contribution in [0, 0.1) is 11.3 Å². The average molecular weight is 375 g/mol. The fourth-order valence-corrected chi connectivity index (χ4v) is 4.27. The molecule has 5 nitrogen and oxygen atoms in total. The maximum Gasteiger partial charge on any atom is 0.254 e. The van der Waals surface area contributed by atoms with Crippen LogP contribution in [0.25, 0.3) is 0 Å². The molecule has 0 N–H and O–H groups in total. The zero-order valence-corrected chi connectivity index (χ0v) is 16.0. The van der Waals surface area contributed by atoms with Crippen molar-refractivity contribution >= 4 is 5.91 Å². The minimum absolute atomic E-state index is 0.115. The fourth-order valence-electron chi connectivity index (χ4n) is 4.27. The number of hydrogen-bond donors (Lipinski definition) is 0. The standard InChI is InChI=1S/C23H25N3O2/c24-16-19-6-8-20(9-7-19)17-25-12-10-23(11-13-25)18-28-15-14-26(23)22(27)21-4-2-1-3-5-21/h1-9H,10-15,17-18H2. The number of rotatable bonds is 3. The van der Waals surface area contributed by atoms with E-state index in [1.54, 1.807) is 0 Å². The van der Waals surface area contributed by atoms with Gasteiger partial charge in [-0.1, -0.05) is 30.3 Å². The van der Waals surface area contributed by atoms with Crippen LogP contribution in [0.1, 0.15) is 34.3 Å². The molecule has 4 rings (SSSR count). The van der Waals surface area contributed by atoms with Crippen molar-refractivity contribution < 1.29 is 9.53 Å². The van der Waals surface area contributed by atoms with Crippen molar-refractivity contribution in [3.05, 3.63) is 71.3 Å². The lowest BCUT2D eigenvalue weighted by Crippen LogP contribution is -2.63. The third kappa shape index (κ3) is 3.80. The van der Waals surface area contributed by atoms with Crippen molar-refractivity contribution in [3.63, 3.8) is 0 Å². The summed E-state index contributed by atoms with van der Waals surface area (Å²) in [5.41, 5.74) is 2.46. The highest BCUT2D eigenvalue weighted by Crippen LogP contribution is 2.33. The zero-order chi connectivity index (χ0) is 19.4. The number of carbonyl (C=O) groups excluding carboxylic acids is 1. The molecule has 0 radical (unpaired) electrons. The SMILES string of the molecule is N#Cc1ccc(CN2CCC3(CC2)COCCN3C(=O)c2ccccc2)cc1. The lowest BCUT2D eigenvalue weighted by atomic mass is 9.84. The van der Waals surface area contributed by atoms with Gasteiger partial charge in [0, 0.05) is 31.7 Å². The number of nitriles is 1. The summed E-state index contributed by atoms with van der Waals surface area (Å²) < 4.78 is 5.82. The van der Waals surface area contributed by atoms with Crippen LogP contribution in [0.3, 0.4) is 0 Å². The van der Waals surface area contributed by atoms with E-state index < -0.39 is 0 Å². The third-order valence-corrected chi connectivity index (χ3v) is 5.94. The lowest BCUT2D eigenvalue weighted by molar-refractivity contribution is -0.0784. The summed E-state index contributed by atoms with van der Waals surface area (Å²) in [5.74, 6) is 0.115. The Kier molecular flexibility index (Phi) is 5.43. The van der Waals surface area contributed by atoms with Crippen molar-refractivity contribution in [1.29, 1.82) is 5.26 Å². The first-order chi connectivity index (χ1) is 13.7. The number of nitrogens with zero attached hydrogens (tertiary/aromatic N) is 3. The van der Waals surface area contributed by atoms with E-state index in [0.29, 0.717) is 25.3 Å². The molecule has 1 spiro atoms. The predicted molar refractivity (Wildman–Crippen MR) is 107 cm³/mol. The molecule has 0 bridgehead atoms. The number of piperidine rings is 1. The van der Waals surface area contributed by atoms with Crippen LogP contribution in [-0.4, -0.2) is 54.1 Å². The second kappa shape index (κ2) is 8.14. The van der Waals surface area contributed by atoms with Gasteiger partial charge in [-0.2, -0.15) is 5.26 Å². The minimum atomic E-state index is -0.202. The molecule has 2 aliphatic rings. The highest BCUT2D eigenvalue weighted by atomic mass is 16.5. The van der Waals surface area contributed by atoms with Crippen LogP contribution in [0.2, 0.25) is 0 Å². The molecular formula is C23H25N3O2. The van der Waals surface area contributed by atoms with Gasteiger partial charge in [-0.15, -0.1) is 0 Å². The molecule has 0 unspecified atom stereocenters. The zero-order valence-electron chi connectivity index (χ0n) is 16.0. The van der Waals surface area contributed by atoms with Crippen molar-refractivity contribution in [2.24, 2.45) is 0 Å². The fraction of sp³-hybridized carbons (Fsp3) is 0.391. The highest BCUT2D eigenvalue weighted by Gasteiger charge is 2.44. The van der Waals surface area contributed by atoms with Crippen molar-refractivity contribution in [2.45, 2.75) is 24.9 Å². The number of amides is 1. The summed E-state index contributed by atoms with van der Waals surface area (Å²) in [4.78, 5) is 17.6. The van der Waals surface area contributed by atoms with E-state index in [1.165, 1.54) is 5.56 Å². The molecule has 1 amide bonds. The minimum Gasteiger partial charge on any atom is -0.377 e. The molecule has 2 saturated heterocycles. The molecule has 2 fully saturated rings. The Morgan fingerprint density at radius 3 is 2.43 bits per heavy atom. The summed E-state index contributed by atoms with van der Waals surface area (Å²) in [6.45, 7) is 4.62. The maximum atomic E-state index is 13.1. The monoisotopic (exact) mass is 375 g/mol. The van der Waals surface area contributed by atoms with Gasteiger partial charge in [0.15, 0.2) is 0 Å². The van der Waals surface area contributed by atoms with Gasteiger partial charge in [0.25, 0.3) is 5.91 Å². The summed E-state index contributed by atoms with van der Waals surface area (Å²) in [6.07, 6.45) is 1.84. The molecule has 2 aliphatic heterocycles. The van der Waals surface area contributed by atoms with Gasteiger partial charge in [0.1, 0.15) is 0 Å². The predicted octanol–water partition coefficient (Wildman–Crippen LogP) is 3.07. The van der Waals surface area contributed by atoms with Gasteiger partial charge < -0.3 is 9.64 Å². The first kappa shape index (κ1) is 18.7. The number of carbonyl (C=O) groups is 1. The van der Waals surface area contributed by atoms with E-state index in [9.17, 15) is 4.79 Å². The van der Waals surface area contributed by atoms with Gasteiger partial charge in [-0.3, -0.25) is 9.69 Å². The Bertz CT molecular complexity index is 850. The van der Waals surface area contributed by atoms with E-state index in [2.05, 4.69) is 15.9 Å². The van der Waals surface area contributed by atoms with Gasteiger partial charge in [-0.25, -0.2) is 0 Å². The van der Waals surface area contributed by atoms with Gasteiger partial charge in [0.05, 0.1) is 30.4 Å². The maximum absolute atomic E-state index is 13.1. The van der Waals surface area contributed by atoms with Crippen molar-refractivity contribution in [2.75, 3.05) is 32.8 Å². The van der Waals surface area contributed by atoms with Crippen molar-refractivity contribution in [3.8, 4) is 6.07 Å². The molecular weight excluding hydrogens is 350 g/mol. The van der Waals surface area contributed by atoms with E-state index in [4.69, 9.17) is 10.00 Å². The number of hydrogen-bond acceptors (Lipinski definition) is 4. The largest absolute Gasteiger partial charge is 0.377 e. The topological polar surface area (TPSA) is 56.6 Å². The number of ether oxygens (including phenoxy) is 1. The molecule has 0 saturated carbocycles. The van der Waals surface area contributed by atoms with Crippen LogP contribution < -0.4 is 0 Å². The summed E-state index contributed by atoms with van der Waals surface area (Å²) in [7, 11) is 0. The van der Waals surface area contributed by atoms with Gasteiger partial charge >= 0.3 is 0 Å². The Hall–Kier alpha value is -2.68. The molecule has 2 heterocycles. The summed E-state index contributed by atoms with van der Waals surface area (Å²) in [5, 5.41) is 8.94. The second-order valence-corrected chi connectivity index (χ2v) is 7.68. The van der Waals surface area contributed by atoms with E-state index in [0.717, 1.165) is 38.0 Å². The third-order valence-electron chi connectivity index (χ3n) is 5.94. The molecule has 5 heteroatoms. The van der Waals surface area contributed by atoms with Crippen LogP contribution in [0.4, 0.5) is 0 Å². The van der Waals surface area contributed by atoms with Crippen LogP contribution >= 0.6 is 0 Å². The Morgan fingerprint density at radius 2 is 1.75 bits per heavy atom. The summed E-state index contributed by atoms with van der Waals surface area (Å²) in [6, 6.07) is 19.5. The quantitative estimate of drug-likeness (QED) is 0.827. The summed E-state index contributed by atoms with van der Waals surface area (Å²) >= 11 is 0. The highest BCUT2D eigenvalue weighted by molar-refractivity contribution is 5.94. The van der Waals surface area contributed by atoms with Crippen LogP contribution in [0.15, 0.2) is 54.6 Å². The van der Waals surface area contributed by atoms with E-state index >= 15 is 0 Å². The smallest absolute Gasteiger partial charge is 0.254 e. The molecule has 2 aromatic carbocycles. The average Bonchev–Trinajstić information content (AvgIpc) is 2.76. The van der Waals surface area contributed by atoms with Gasteiger partial charge in [0.2, 0.25) is 0 Å². The molecule has 2 aromatic rings.